The van der Waals surface area contributed by atoms with E-state index in [4.69, 9.17) is 28.7 Å². The fourth-order valence-corrected chi connectivity index (χ4v) is 7.83. The van der Waals surface area contributed by atoms with Gasteiger partial charge in [0.15, 0.2) is 0 Å². The number of hydrogen-bond donors (Lipinski definition) is 0. The largest absolute Gasteiger partial charge is 0.488 e. The molecular weight excluding hydrogens is 774 g/mol. The maximum atomic E-state index is 15.9. The first kappa shape index (κ1) is 43.2. The number of pyridine rings is 1. The van der Waals surface area contributed by atoms with Crippen LogP contribution in [0.1, 0.15) is 64.9 Å². The Morgan fingerprint density at radius 2 is 1.51 bits per heavy atom. The molecule has 10 nitrogen and oxygen atoms in total. The SMILES string of the molecule is COC(=O)C(=O)c1c(C)c(C)c2nc(-c3cccc(-c4c(F)cc(C)cc4OCc4ccccc4)c3)cn2c1N1CCC(C)(OCCOC[C@@H](C)OCc2ccccc2)CC1. The molecule has 0 unspecified atom stereocenters. The van der Waals surface area contributed by atoms with E-state index in [0.717, 1.165) is 27.8 Å². The number of methoxy groups -OCH3 is 1. The van der Waals surface area contributed by atoms with Crippen LogP contribution in [-0.4, -0.2) is 72.9 Å². The van der Waals surface area contributed by atoms with Crippen molar-refractivity contribution >= 4 is 23.2 Å². The minimum Gasteiger partial charge on any atom is -0.488 e. The van der Waals surface area contributed by atoms with Crippen LogP contribution in [0.2, 0.25) is 0 Å². The van der Waals surface area contributed by atoms with E-state index < -0.39 is 17.4 Å². The fourth-order valence-electron chi connectivity index (χ4n) is 7.83. The zero-order valence-electron chi connectivity index (χ0n) is 35.8. The van der Waals surface area contributed by atoms with E-state index in [1.165, 1.54) is 13.2 Å². The number of halogens is 1. The van der Waals surface area contributed by atoms with E-state index in [1.807, 2.05) is 129 Å². The highest BCUT2D eigenvalue weighted by atomic mass is 19.1. The molecule has 0 radical (unpaired) electrons. The molecule has 0 bridgehead atoms. The van der Waals surface area contributed by atoms with Crippen molar-refractivity contribution in [2.75, 3.05) is 44.9 Å². The number of hydrogen-bond acceptors (Lipinski definition) is 9. The Hall–Kier alpha value is -5.88. The first-order chi connectivity index (χ1) is 29.4. The summed E-state index contributed by atoms with van der Waals surface area (Å²) in [7, 11) is 1.21. The average Bonchev–Trinajstić information content (AvgIpc) is 3.72. The molecule has 1 atom stereocenters. The van der Waals surface area contributed by atoms with E-state index in [1.54, 1.807) is 0 Å². The number of aromatic nitrogens is 2. The Labute approximate surface area is 357 Å². The molecule has 1 fully saturated rings. The number of piperidine rings is 1. The zero-order valence-corrected chi connectivity index (χ0v) is 35.8. The van der Waals surface area contributed by atoms with Crippen LogP contribution in [0.3, 0.4) is 0 Å². The summed E-state index contributed by atoms with van der Waals surface area (Å²) in [6, 6.07) is 30.7. The molecule has 1 aliphatic heterocycles. The molecule has 0 spiro atoms. The highest BCUT2D eigenvalue weighted by Gasteiger charge is 2.36. The molecule has 0 saturated carbocycles. The number of anilines is 1. The van der Waals surface area contributed by atoms with Crippen molar-refractivity contribution < 1.29 is 37.7 Å². The second-order valence-corrected chi connectivity index (χ2v) is 16.0. The number of Topliss-reactive ketones (excluding diaryl/α,β-unsaturated/α-hetero) is 1. The van der Waals surface area contributed by atoms with Crippen molar-refractivity contribution in [2.24, 2.45) is 0 Å². The van der Waals surface area contributed by atoms with Gasteiger partial charge in [0.25, 0.3) is 5.78 Å². The standard InChI is InChI=1S/C50H54FN3O7/c1-33-26-41(51)45(43(27-33)60-32-38-16-11-8-12-17-38)40-19-13-18-39(28-40)42-29-54-47(52-42)36(4)35(3)44(46(55)49(56)57-6)48(54)53-22-20-50(5,21-23-53)61-25-24-58-30-34(2)59-31-37-14-9-7-10-15-37/h7-19,26-29,34H,20-25,30-32H2,1-6H3/t34-/m1/s1. The summed E-state index contributed by atoms with van der Waals surface area (Å²) in [4.78, 5) is 33.9. The summed E-state index contributed by atoms with van der Waals surface area (Å²) >= 11 is 0. The van der Waals surface area contributed by atoms with Gasteiger partial charge in [-0.25, -0.2) is 14.2 Å². The van der Waals surface area contributed by atoms with Crippen LogP contribution in [-0.2, 0) is 37.0 Å². The van der Waals surface area contributed by atoms with Crippen LogP contribution >= 0.6 is 0 Å². The van der Waals surface area contributed by atoms with Crippen LogP contribution in [0.4, 0.5) is 10.2 Å². The number of aryl methyl sites for hydroxylation is 2. The summed E-state index contributed by atoms with van der Waals surface area (Å²) in [5.41, 5.74) is 7.11. The third-order valence-corrected chi connectivity index (χ3v) is 11.4. The van der Waals surface area contributed by atoms with Crippen molar-refractivity contribution in [3.8, 4) is 28.1 Å². The van der Waals surface area contributed by atoms with Gasteiger partial charge in [-0.1, -0.05) is 78.9 Å². The Balaban J connectivity index is 1.11. The van der Waals surface area contributed by atoms with Gasteiger partial charge in [-0.15, -0.1) is 0 Å². The number of ketones is 1. The number of nitrogens with zero attached hydrogens (tertiary/aromatic N) is 3. The van der Waals surface area contributed by atoms with Crippen LogP contribution in [0, 0.1) is 26.6 Å². The second kappa shape index (κ2) is 19.2. The van der Waals surface area contributed by atoms with Gasteiger partial charge >= 0.3 is 5.97 Å². The molecule has 3 heterocycles. The number of rotatable bonds is 17. The lowest BCUT2D eigenvalue weighted by Crippen LogP contribution is -2.46. The van der Waals surface area contributed by atoms with Crippen molar-refractivity contribution in [2.45, 2.75) is 72.4 Å². The Kier molecular flexibility index (Phi) is 13.6. The van der Waals surface area contributed by atoms with Gasteiger partial charge in [0.05, 0.1) is 62.1 Å². The summed E-state index contributed by atoms with van der Waals surface area (Å²) in [6.07, 6.45) is 3.17. The minimum atomic E-state index is -0.938. The topological polar surface area (TPSA) is 101 Å². The summed E-state index contributed by atoms with van der Waals surface area (Å²) in [5.74, 6) is -1.03. The molecule has 4 aromatic carbocycles. The van der Waals surface area contributed by atoms with Crippen molar-refractivity contribution in [3.63, 3.8) is 0 Å². The maximum Gasteiger partial charge on any atom is 0.379 e. The van der Waals surface area contributed by atoms with Crippen LogP contribution in [0.15, 0.2) is 103 Å². The third-order valence-electron chi connectivity index (χ3n) is 11.4. The Morgan fingerprint density at radius 1 is 0.836 bits per heavy atom. The second-order valence-electron chi connectivity index (χ2n) is 16.0. The minimum absolute atomic E-state index is 0.0582. The Bertz CT molecular complexity index is 2480. The molecule has 2 aromatic heterocycles. The molecule has 7 rings (SSSR count). The number of esters is 1. The van der Waals surface area contributed by atoms with Gasteiger partial charge < -0.3 is 28.6 Å². The fraction of sp³-hybridized carbons (Fsp3) is 0.340. The number of carbonyl (C=O) groups excluding carboxylic acids is 2. The molecule has 1 aliphatic rings. The molecule has 6 aromatic rings. The highest BCUT2D eigenvalue weighted by Crippen LogP contribution is 2.39. The lowest BCUT2D eigenvalue weighted by molar-refractivity contribution is -0.135. The summed E-state index contributed by atoms with van der Waals surface area (Å²) in [5, 5.41) is 0. The number of imidazole rings is 1. The van der Waals surface area contributed by atoms with Gasteiger partial charge in [0.2, 0.25) is 0 Å². The number of ether oxygens (including phenoxy) is 5. The van der Waals surface area contributed by atoms with Crippen LogP contribution in [0.25, 0.3) is 28.0 Å². The third kappa shape index (κ3) is 10.0. The predicted molar refractivity (Wildman–Crippen MR) is 235 cm³/mol. The molecule has 61 heavy (non-hydrogen) atoms. The van der Waals surface area contributed by atoms with Gasteiger partial charge in [0.1, 0.15) is 29.6 Å². The van der Waals surface area contributed by atoms with Crippen molar-refractivity contribution in [1.82, 2.24) is 9.38 Å². The van der Waals surface area contributed by atoms with E-state index in [2.05, 4.69) is 11.8 Å². The van der Waals surface area contributed by atoms with Crippen molar-refractivity contribution in [1.29, 1.82) is 0 Å². The van der Waals surface area contributed by atoms with Crippen LogP contribution < -0.4 is 9.64 Å². The summed E-state index contributed by atoms with van der Waals surface area (Å²) in [6.45, 7) is 12.9. The van der Waals surface area contributed by atoms with Gasteiger partial charge in [0, 0.05) is 24.8 Å². The Morgan fingerprint density at radius 3 is 2.20 bits per heavy atom. The van der Waals surface area contributed by atoms with Gasteiger partial charge in [-0.2, -0.15) is 0 Å². The molecule has 0 N–H and O–H groups in total. The molecule has 0 amide bonds. The molecule has 318 valence electrons. The van der Waals surface area contributed by atoms with E-state index >= 15 is 4.39 Å². The number of fused-ring (bicyclic) bond motifs is 1. The van der Waals surface area contributed by atoms with Crippen molar-refractivity contribution in [3.05, 3.63) is 142 Å². The molecule has 11 heteroatoms. The van der Waals surface area contributed by atoms with Gasteiger partial charge in [-0.3, -0.25) is 9.20 Å². The lowest BCUT2D eigenvalue weighted by Gasteiger charge is -2.41. The molecule has 1 saturated heterocycles. The smallest absolute Gasteiger partial charge is 0.379 e. The van der Waals surface area contributed by atoms with E-state index in [0.29, 0.717) is 92.0 Å². The maximum absolute atomic E-state index is 15.9. The first-order valence-electron chi connectivity index (χ1n) is 20.8. The van der Waals surface area contributed by atoms with Crippen LogP contribution in [0.5, 0.6) is 5.75 Å². The quantitative estimate of drug-likeness (QED) is 0.0385. The molecule has 0 aliphatic carbocycles. The van der Waals surface area contributed by atoms with Gasteiger partial charge in [-0.05, 0) is 99.0 Å². The lowest BCUT2D eigenvalue weighted by atomic mass is 9.92. The number of benzene rings is 4. The normalized spacial score (nSPS) is 14.2. The van der Waals surface area contributed by atoms with E-state index in [9.17, 15) is 9.59 Å². The highest BCUT2D eigenvalue weighted by molar-refractivity contribution is 6.42. The molecular formula is C50H54FN3O7. The van der Waals surface area contributed by atoms with E-state index in [-0.39, 0.29) is 24.1 Å². The monoisotopic (exact) mass is 827 g/mol. The summed E-state index contributed by atoms with van der Waals surface area (Å²) < 4.78 is 47.2. The first-order valence-corrected chi connectivity index (χ1v) is 20.8. The predicted octanol–water partition coefficient (Wildman–Crippen LogP) is 9.66. The average molecular weight is 828 g/mol. The number of carbonyl (C=O) groups is 2. The zero-order chi connectivity index (χ0) is 43.1.